The van der Waals surface area contributed by atoms with E-state index >= 15 is 0 Å². The van der Waals surface area contributed by atoms with Gasteiger partial charge in [-0.2, -0.15) is 0 Å². The highest BCUT2D eigenvalue weighted by atomic mass is 16.5. The number of nitrogens with zero attached hydrogens (tertiary/aromatic N) is 2. The molecule has 2 rings (SSSR count). The second-order valence-corrected chi connectivity index (χ2v) is 4.30. The third kappa shape index (κ3) is 2.19. The van der Waals surface area contributed by atoms with E-state index in [0.717, 1.165) is 13.0 Å². The predicted molar refractivity (Wildman–Crippen MR) is 57.8 cm³/mol. The summed E-state index contributed by atoms with van der Waals surface area (Å²) in [6.07, 6.45) is 1.46. The molecule has 2 aliphatic rings. The Morgan fingerprint density at radius 2 is 2.00 bits per heavy atom. The highest BCUT2D eigenvalue weighted by Gasteiger charge is 2.32. The fourth-order valence-corrected chi connectivity index (χ4v) is 2.26. The fraction of sp³-hybridized carbons (Fsp3) is 0.818. The monoisotopic (exact) mass is 226 g/mol. The van der Waals surface area contributed by atoms with Crippen molar-refractivity contribution in [1.82, 2.24) is 9.80 Å². The molecule has 5 heteroatoms. The molecule has 90 valence electrons. The molecule has 2 aliphatic heterocycles. The summed E-state index contributed by atoms with van der Waals surface area (Å²) < 4.78 is 5.20. The summed E-state index contributed by atoms with van der Waals surface area (Å²) in [6.45, 7) is 5.03. The summed E-state index contributed by atoms with van der Waals surface area (Å²) in [6, 6.07) is -0.312. The first-order chi connectivity index (χ1) is 7.70. The van der Waals surface area contributed by atoms with Crippen LogP contribution in [0.5, 0.6) is 0 Å². The highest BCUT2D eigenvalue weighted by Crippen LogP contribution is 2.15. The zero-order valence-electron chi connectivity index (χ0n) is 9.65. The number of amides is 2. The van der Waals surface area contributed by atoms with Crippen LogP contribution in [0, 0.1) is 0 Å². The average Bonchev–Trinajstić information content (AvgIpc) is 2.75. The maximum Gasteiger partial charge on any atom is 0.245 e. The molecule has 0 aromatic carbocycles. The lowest BCUT2D eigenvalue weighted by Crippen LogP contribution is -2.50. The molecule has 0 unspecified atom stereocenters. The van der Waals surface area contributed by atoms with E-state index in [1.165, 1.54) is 0 Å². The minimum Gasteiger partial charge on any atom is -0.378 e. The number of carbonyl (C=O) groups excluding carboxylic acids is 2. The van der Waals surface area contributed by atoms with Gasteiger partial charge < -0.3 is 14.5 Å². The summed E-state index contributed by atoms with van der Waals surface area (Å²) >= 11 is 0. The molecule has 0 bridgehead atoms. The van der Waals surface area contributed by atoms with Crippen LogP contribution in [0.25, 0.3) is 0 Å². The maximum absolute atomic E-state index is 12.1. The minimum atomic E-state index is -0.312. The zero-order chi connectivity index (χ0) is 11.5. The van der Waals surface area contributed by atoms with Crippen LogP contribution in [-0.2, 0) is 14.3 Å². The van der Waals surface area contributed by atoms with E-state index in [2.05, 4.69) is 0 Å². The number of rotatable bonds is 2. The molecule has 0 radical (unpaired) electrons. The van der Waals surface area contributed by atoms with Gasteiger partial charge >= 0.3 is 0 Å². The third-order valence-electron chi connectivity index (χ3n) is 3.26. The van der Waals surface area contributed by atoms with Crippen molar-refractivity contribution >= 4 is 11.8 Å². The molecule has 0 saturated carbocycles. The smallest absolute Gasteiger partial charge is 0.245 e. The van der Waals surface area contributed by atoms with E-state index in [1.54, 1.807) is 9.80 Å². The van der Waals surface area contributed by atoms with Crippen LogP contribution in [0.3, 0.4) is 0 Å². The second-order valence-electron chi connectivity index (χ2n) is 4.30. The number of carbonyl (C=O) groups is 2. The highest BCUT2D eigenvalue weighted by molar-refractivity contribution is 5.88. The van der Waals surface area contributed by atoms with Crippen LogP contribution >= 0.6 is 0 Å². The number of likely N-dealkylation sites (tertiary alicyclic amines) is 1. The van der Waals surface area contributed by atoms with Gasteiger partial charge in [0.1, 0.15) is 6.04 Å². The second kappa shape index (κ2) is 4.82. The zero-order valence-corrected chi connectivity index (χ0v) is 9.65. The van der Waals surface area contributed by atoms with Crippen molar-refractivity contribution in [1.29, 1.82) is 0 Å². The molecular weight excluding hydrogens is 208 g/mol. The lowest BCUT2D eigenvalue weighted by atomic mass is 10.2. The Morgan fingerprint density at radius 3 is 2.56 bits per heavy atom. The minimum absolute atomic E-state index is 0.0542. The number of hydrogen-bond donors (Lipinski definition) is 0. The van der Waals surface area contributed by atoms with Gasteiger partial charge in [0.25, 0.3) is 0 Å². The Labute approximate surface area is 95.3 Å². The fourth-order valence-electron chi connectivity index (χ4n) is 2.26. The number of hydrogen-bond acceptors (Lipinski definition) is 3. The van der Waals surface area contributed by atoms with Gasteiger partial charge in [0.05, 0.1) is 13.2 Å². The molecule has 0 N–H and O–H groups in total. The lowest BCUT2D eigenvalue weighted by molar-refractivity contribution is -0.145. The van der Waals surface area contributed by atoms with Crippen LogP contribution in [0.2, 0.25) is 0 Å². The Hall–Kier alpha value is -1.10. The Bertz CT molecular complexity index is 287. The van der Waals surface area contributed by atoms with E-state index in [-0.39, 0.29) is 17.9 Å². The van der Waals surface area contributed by atoms with Gasteiger partial charge in [0.2, 0.25) is 11.8 Å². The van der Waals surface area contributed by atoms with Crippen molar-refractivity contribution in [3.63, 3.8) is 0 Å². The largest absolute Gasteiger partial charge is 0.378 e. The van der Waals surface area contributed by atoms with Crippen LogP contribution in [0.1, 0.15) is 19.8 Å². The first-order valence-corrected chi connectivity index (χ1v) is 5.86. The van der Waals surface area contributed by atoms with Gasteiger partial charge in [-0.3, -0.25) is 9.59 Å². The number of morpholine rings is 1. The summed E-state index contributed by atoms with van der Waals surface area (Å²) in [5.41, 5.74) is 0. The summed E-state index contributed by atoms with van der Waals surface area (Å²) in [7, 11) is 0. The quantitative estimate of drug-likeness (QED) is 0.658. The SMILES string of the molecule is C[C@@H](C(=O)N1CCOCC1)N1CCCC1=O. The van der Waals surface area contributed by atoms with Crippen molar-refractivity contribution in [2.45, 2.75) is 25.8 Å². The van der Waals surface area contributed by atoms with Crippen LogP contribution in [0.4, 0.5) is 0 Å². The van der Waals surface area contributed by atoms with Gasteiger partial charge in [-0.1, -0.05) is 0 Å². The van der Waals surface area contributed by atoms with Crippen molar-refractivity contribution in [2.24, 2.45) is 0 Å². The van der Waals surface area contributed by atoms with Gasteiger partial charge in [-0.25, -0.2) is 0 Å². The van der Waals surface area contributed by atoms with Crippen LogP contribution in [-0.4, -0.2) is 60.5 Å². The third-order valence-corrected chi connectivity index (χ3v) is 3.26. The van der Waals surface area contributed by atoms with Gasteiger partial charge in [-0.05, 0) is 13.3 Å². The van der Waals surface area contributed by atoms with Gasteiger partial charge in [0.15, 0.2) is 0 Å². The molecule has 0 aromatic rings. The van der Waals surface area contributed by atoms with Crippen LogP contribution in [0.15, 0.2) is 0 Å². The molecule has 0 aromatic heterocycles. The van der Waals surface area contributed by atoms with E-state index < -0.39 is 0 Å². The molecule has 1 atom stereocenters. The molecule has 5 nitrogen and oxygen atoms in total. The molecule has 2 amide bonds. The summed E-state index contributed by atoms with van der Waals surface area (Å²) in [5, 5.41) is 0. The molecule has 2 heterocycles. The summed E-state index contributed by atoms with van der Waals surface area (Å²) in [5.74, 6) is 0.160. The van der Waals surface area contributed by atoms with Crippen molar-refractivity contribution in [3.05, 3.63) is 0 Å². The topological polar surface area (TPSA) is 49.9 Å². The van der Waals surface area contributed by atoms with E-state index in [9.17, 15) is 9.59 Å². The van der Waals surface area contributed by atoms with E-state index in [1.807, 2.05) is 6.92 Å². The Balaban J connectivity index is 1.95. The van der Waals surface area contributed by atoms with Crippen LogP contribution < -0.4 is 0 Å². The maximum atomic E-state index is 12.1. The Morgan fingerprint density at radius 1 is 1.31 bits per heavy atom. The van der Waals surface area contributed by atoms with Gasteiger partial charge in [-0.15, -0.1) is 0 Å². The van der Waals surface area contributed by atoms with Gasteiger partial charge in [0, 0.05) is 26.1 Å². The predicted octanol–water partition coefficient (Wildman–Crippen LogP) is -0.144. The Kier molecular flexibility index (Phi) is 3.43. The van der Waals surface area contributed by atoms with E-state index in [0.29, 0.717) is 32.7 Å². The van der Waals surface area contributed by atoms with Crippen molar-refractivity contribution < 1.29 is 14.3 Å². The molecule has 0 aliphatic carbocycles. The lowest BCUT2D eigenvalue weighted by Gasteiger charge is -2.32. The average molecular weight is 226 g/mol. The first-order valence-electron chi connectivity index (χ1n) is 5.86. The van der Waals surface area contributed by atoms with Crippen molar-refractivity contribution in [3.8, 4) is 0 Å². The first kappa shape index (κ1) is 11.4. The standard InChI is InChI=1S/C11H18N2O3/c1-9(13-4-2-3-10(13)14)11(15)12-5-7-16-8-6-12/h9H,2-8H2,1H3/t9-/m0/s1. The van der Waals surface area contributed by atoms with E-state index in [4.69, 9.17) is 4.74 Å². The number of ether oxygens (including phenoxy) is 1. The molecule has 16 heavy (non-hydrogen) atoms. The summed E-state index contributed by atoms with van der Waals surface area (Å²) in [4.78, 5) is 27.1. The molecule has 2 saturated heterocycles. The normalized spacial score (nSPS) is 23.7. The van der Waals surface area contributed by atoms with Crippen molar-refractivity contribution in [2.75, 3.05) is 32.8 Å². The molecule has 2 fully saturated rings. The molecule has 0 spiro atoms. The molecular formula is C11H18N2O3.